The Morgan fingerprint density at radius 3 is 2.92 bits per heavy atom. The van der Waals surface area contributed by atoms with Crippen molar-refractivity contribution in [2.24, 2.45) is 7.05 Å². The van der Waals surface area contributed by atoms with E-state index in [0.717, 1.165) is 33.7 Å². The van der Waals surface area contributed by atoms with Gasteiger partial charge in [-0.25, -0.2) is 0 Å². The highest BCUT2D eigenvalue weighted by Crippen LogP contribution is 2.35. The van der Waals surface area contributed by atoms with Gasteiger partial charge >= 0.3 is 0 Å². The first-order valence-electron chi connectivity index (χ1n) is 7.82. The van der Waals surface area contributed by atoms with E-state index < -0.39 is 0 Å². The van der Waals surface area contributed by atoms with E-state index in [1.807, 2.05) is 49.2 Å². The quantitative estimate of drug-likeness (QED) is 0.734. The van der Waals surface area contributed by atoms with Gasteiger partial charge in [0, 0.05) is 30.4 Å². The van der Waals surface area contributed by atoms with E-state index in [0.29, 0.717) is 6.54 Å². The number of hydrogen-bond acceptors (Lipinski definition) is 5. The highest BCUT2D eigenvalue weighted by Gasteiger charge is 2.35. The smallest absolute Gasteiger partial charge is 0.241 e. The number of carbonyl (C=O) groups excluding carboxylic acids is 1. The van der Waals surface area contributed by atoms with Gasteiger partial charge in [0.1, 0.15) is 10.8 Å². The normalized spacial score (nSPS) is 17.8. The molecule has 1 fully saturated rings. The third-order valence-corrected chi connectivity index (χ3v) is 5.45. The third kappa shape index (κ3) is 2.54. The first-order valence-corrected chi connectivity index (χ1v) is 8.70. The molecule has 0 N–H and O–H groups in total. The summed E-state index contributed by atoms with van der Waals surface area (Å²) in [4.78, 5) is 14.6. The first kappa shape index (κ1) is 15.1. The Bertz CT molecular complexity index is 917. The highest BCUT2D eigenvalue weighted by atomic mass is 32.2. The van der Waals surface area contributed by atoms with Crippen LogP contribution in [0.1, 0.15) is 12.1 Å². The van der Waals surface area contributed by atoms with Crippen LogP contribution in [0.3, 0.4) is 0 Å². The molecule has 2 aromatic heterocycles. The Hall–Kier alpha value is -2.41. The van der Waals surface area contributed by atoms with Crippen molar-refractivity contribution in [3.8, 4) is 0 Å². The van der Waals surface area contributed by atoms with Crippen molar-refractivity contribution in [2.75, 3.05) is 11.4 Å². The molecular formula is C17H17N5OS. The molecular weight excluding hydrogens is 322 g/mol. The van der Waals surface area contributed by atoms with Crippen LogP contribution in [0.15, 0.2) is 41.6 Å². The molecule has 7 heteroatoms. The van der Waals surface area contributed by atoms with Crippen molar-refractivity contribution in [2.45, 2.75) is 23.6 Å². The maximum absolute atomic E-state index is 12.8. The van der Waals surface area contributed by atoms with Gasteiger partial charge in [0.05, 0.1) is 17.1 Å². The number of thioether (sulfide) groups is 1. The lowest BCUT2D eigenvalue weighted by Gasteiger charge is -2.16. The van der Waals surface area contributed by atoms with Crippen molar-refractivity contribution in [3.05, 3.63) is 42.2 Å². The van der Waals surface area contributed by atoms with Gasteiger partial charge in [-0.05, 0) is 13.3 Å². The monoisotopic (exact) mass is 339 g/mol. The molecule has 6 nitrogen and oxygen atoms in total. The van der Waals surface area contributed by atoms with Gasteiger partial charge < -0.3 is 0 Å². The van der Waals surface area contributed by atoms with E-state index in [1.54, 1.807) is 10.9 Å². The number of rotatable bonds is 3. The van der Waals surface area contributed by atoms with Crippen molar-refractivity contribution >= 4 is 34.3 Å². The Balaban J connectivity index is 1.60. The summed E-state index contributed by atoms with van der Waals surface area (Å²) in [6.45, 7) is 2.63. The zero-order chi connectivity index (χ0) is 16.7. The number of aryl methyl sites for hydroxylation is 2. The molecule has 1 amide bonds. The minimum atomic E-state index is -0.139. The molecule has 1 aliphatic heterocycles. The van der Waals surface area contributed by atoms with Crippen LogP contribution in [0.2, 0.25) is 0 Å². The van der Waals surface area contributed by atoms with Gasteiger partial charge in [-0.2, -0.15) is 10.2 Å². The van der Waals surface area contributed by atoms with Gasteiger partial charge in [0.15, 0.2) is 0 Å². The van der Waals surface area contributed by atoms with E-state index in [1.165, 1.54) is 11.8 Å². The lowest BCUT2D eigenvalue weighted by Crippen LogP contribution is -2.29. The summed E-state index contributed by atoms with van der Waals surface area (Å²) in [6, 6.07) is 9.94. The second-order valence-electron chi connectivity index (χ2n) is 5.89. The lowest BCUT2D eigenvalue weighted by molar-refractivity contribution is -0.116. The summed E-state index contributed by atoms with van der Waals surface area (Å²) in [6.07, 6.45) is 2.54. The van der Waals surface area contributed by atoms with Gasteiger partial charge in [0.25, 0.3) is 0 Å². The van der Waals surface area contributed by atoms with E-state index in [4.69, 9.17) is 0 Å². The fourth-order valence-corrected chi connectivity index (χ4v) is 4.19. The van der Waals surface area contributed by atoms with Crippen LogP contribution in [0.25, 0.3) is 10.8 Å². The summed E-state index contributed by atoms with van der Waals surface area (Å²) in [7, 11) is 1.87. The number of anilines is 1. The number of benzene rings is 1. The standard InChI is InChI=1S/C17H17N5OS/c1-11-9-15(21(2)20-11)22-8-7-14(17(22)23)24-16-13-6-4-3-5-12(13)10-18-19-16/h3-6,9-10,14H,7-8H2,1-2H3. The fraction of sp³-hybridized carbons (Fsp3) is 0.294. The van der Waals surface area contributed by atoms with Crippen LogP contribution in [0.5, 0.6) is 0 Å². The number of fused-ring (bicyclic) bond motifs is 1. The molecule has 0 spiro atoms. The van der Waals surface area contributed by atoms with Crippen LogP contribution in [-0.4, -0.2) is 37.7 Å². The van der Waals surface area contributed by atoms with Crippen molar-refractivity contribution in [1.29, 1.82) is 0 Å². The predicted molar refractivity (Wildman–Crippen MR) is 94.1 cm³/mol. The lowest BCUT2D eigenvalue weighted by atomic mass is 10.2. The summed E-state index contributed by atoms with van der Waals surface area (Å²) in [5, 5.41) is 15.4. The topological polar surface area (TPSA) is 63.9 Å². The SMILES string of the molecule is Cc1cc(N2CCC(Sc3nncc4ccccc34)C2=O)n(C)n1. The molecule has 1 aromatic carbocycles. The number of carbonyl (C=O) groups is 1. The minimum Gasteiger partial charge on any atom is -0.296 e. The van der Waals surface area contributed by atoms with Crippen LogP contribution in [0, 0.1) is 6.92 Å². The molecule has 1 atom stereocenters. The minimum absolute atomic E-state index is 0.109. The summed E-state index contributed by atoms with van der Waals surface area (Å²) in [5.41, 5.74) is 0.913. The maximum atomic E-state index is 12.8. The molecule has 24 heavy (non-hydrogen) atoms. The van der Waals surface area contributed by atoms with Crippen LogP contribution in [-0.2, 0) is 11.8 Å². The fourth-order valence-electron chi connectivity index (χ4n) is 3.06. The van der Waals surface area contributed by atoms with Gasteiger partial charge in [-0.3, -0.25) is 14.4 Å². The maximum Gasteiger partial charge on any atom is 0.241 e. The van der Waals surface area contributed by atoms with Crippen LogP contribution < -0.4 is 4.90 Å². The third-order valence-electron chi connectivity index (χ3n) is 4.20. The van der Waals surface area contributed by atoms with Crippen molar-refractivity contribution in [3.63, 3.8) is 0 Å². The van der Waals surface area contributed by atoms with Crippen LogP contribution in [0.4, 0.5) is 5.82 Å². The summed E-state index contributed by atoms with van der Waals surface area (Å²) < 4.78 is 1.76. The van der Waals surface area contributed by atoms with E-state index >= 15 is 0 Å². The second-order valence-corrected chi connectivity index (χ2v) is 7.08. The average molecular weight is 339 g/mol. The average Bonchev–Trinajstić information content (AvgIpc) is 3.10. The Labute approximate surface area is 143 Å². The Morgan fingerprint density at radius 1 is 1.29 bits per heavy atom. The molecule has 4 rings (SSSR count). The Kier molecular flexibility index (Phi) is 3.72. The molecule has 3 heterocycles. The van der Waals surface area contributed by atoms with Gasteiger partial charge in [-0.15, -0.1) is 5.10 Å². The van der Waals surface area contributed by atoms with Crippen molar-refractivity contribution < 1.29 is 4.79 Å². The Morgan fingerprint density at radius 2 is 2.12 bits per heavy atom. The largest absolute Gasteiger partial charge is 0.296 e. The summed E-state index contributed by atoms with van der Waals surface area (Å²) >= 11 is 1.51. The molecule has 0 saturated carbocycles. The van der Waals surface area contributed by atoms with E-state index in [-0.39, 0.29) is 11.2 Å². The molecule has 0 aliphatic carbocycles. The molecule has 1 saturated heterocycles. The molecule has 1 unspecified atom stereocenters. The van der Waals surface area contributed by atoms with Crippen LogP contribution >= 0.6 is 11.8 Å². The molecule has 0 bridgehead atoms. The zero-order valence-corrected chi connectivity index (χ0v) is 14.3. The molecule has 3 aromatic rings. The zero-order valence-electron chi connectivity index (χ0n) is 13.5. The highest BCUT2D eigenvalue weighted by molar-refractivity contribution is 8.00. The van der Waals surface area contributed by atoms with Gasteiger partial charge in [0.2, 0.25) is 5.91 Å². The number of hydrogen-bond donors (Lipinski definition) is 0. The van der Waals surface area contributed by atoms with Gasteiger partial charge in [-0.1, -0.05) is 36.0 Å². The molecule has 1 aliphatic rings. The number of amides is 1. The van der Waals surface area contributed by atoms with E-state index in [2.05, 4.69) is 15.3 Å². The molecule has 122 valence electrons. The molecule has 0 radical (unpaired) electrons. The predicted octanol–water partition coefficient (Wildman–Crippen LogP) is 2.57. The first-order chi connectivity index (χ1) is 11.6. The second kappa shape index (κ2) is 5.90. The number of nitrogens with zero attached hydrogens (tertiary/aromatic N) is 5. The number of aromatic nitrogens is 4. The summed E-state index contributed by atoms with van der Waals surface area (Å²) in [5.74, 6) is 0.960. The van der Waals surface area contributed by atoms with Crippen molar-refractivity contribution in [1.82, 2.24) is 20.0 Å². The van der Waals surface area contributed by atoms with E-state index in [9.17, 15) is 4.79 Å².